The molecule has 0 aliphatic heterocycles. The summed E-state index contributed by atoms with van der Waals surface area (Å²) in [5, 5.41) is 0. The summed E-state index contributed by atoms with van der Waals surface area (Å²) in [5.41, 5.74) is 4.44. The Bertz CT molecular complexity index is 1210. The van der Waals surface area contributed by atoms with Crippen LogP contribution in [0.25, 0.3) is 16.8 Å². The van der Waals surface area contributed by atoms with Crippen LogP contribution in [0, 0.1) is 0 Å². The summed E-state index contributed by atoms with van der Waals surface area (Å²) in [6.45, 7) is 6.33. The molecule has 0 spiro atoms. The molecule has 0 saturated carbocycles. The summed E-state index contributed by atoms with van der Waals surface area (Å²) < 4.78 is 43.3. The van der Waals surface area contributed by atoms with Crippen molar-refractivity contribution in [1.29, 1.82) is 0 Å². The van der Waals surface area contributed by atoms with E-state index in [0.29, 0.717) is 17.9 Å². The fourth-order valence-electron chi connectivity index (χ4n) is 4.29. The maximum absolute atomic E-state index is 13.8. The lowest BCUT2D eigenvalue weighted by Gasteiger charge is -2.18. The van der Waals surface area contributed by atoms with Gasteiger partial charge in [-0.15, -0.1) is 0 Å². The zero-order valence-electron chi connectivity index (χ0n) is 19.7. The predicted molar refractivity (Wildman–Crippen MR) is 131 cm³/mol. The van der Waals surface area contributed by atoms with Crippen LogP contribution in [0.15, 0.2) is 85.5 Å². The molecule has 2 unspecified atom stereocenters. The van der Waals surface area contributed by atoms with Gasteiger partial charge in [0, 0.05) is 18.1 Å². The van der Waals surface area contributed by atoms with Crippen LogP contribution in [0.1, 0.15) is 61.3 Å². The molecule has 0 aliphatic carbocycles. The van der Waals surface area contributed by atoms with Crippen molar-refractivity contribution in [3.63, 3.8) is 0 Å². The van der Waals surface area contributed by atoms with Crippen LogP contribution >= 0.6 is 0 Å². The van der Waals surface area contributed by atoms with E-state index in [9.17, 15) is 13.2 Å². The number of hydrogen-bond acceptors (Lipinski definition) is 1. The number of benzene rings is 3. The highest BCUT2D eigenvalue weighted by molar-refractivity contribution is 5.69. The molecule has 1 aromatic heterocycles. The summed E-state index contributed by atoms with van der Waals surface area (Å²) in [5.74, 6) is 0.540. The first-order valence-electron chi connectivity index (χ1n) is 11.6. The van der Waals surface area contributed by atoms with E-state index in [1.165, 1.54) is 6.07 Å². The number of hydrogen-bond donors (Lipinski definition) is 0. The highest BCUT2D eigenvalue weighted by atomic mass is 19.4. The topological polar surface area (TPSA) is 17.8 Å². The van der Waals surface area contributed by atoms with Gasteiger partial charge < -0.3 is 4.57 Å². The minimum Gasteiger partial charge on any atom is -0.306 e. The Morgan fingerprint density at radius 3 is 2.09 bits per heavy atom. The number of nitrogens with zero attached hydrogens (tertiary/aromatic N) is 2. The van der Waals surface area contributed by atoms with E-state index in [0.717, 1.165) is 28.8 Å². The summed E-state index contributed by atoms with van der Waals surface area (Å²) in [6, 6.07) is 20.3. The molecular formula is C29H29F3N2. The van der Waals surface area contributed by atoms with Crippen molar-refractivity contribution >= 4 is 0 Å². The van der Waals surface area contributed by atoms with Crippen LogP contribution in [0.2, 0.25) is 0 Å². The second-order valence-electron chi connectivity index (χ2n) is 8.98. The van der Waals surface area contributed by atoms with Gasteiger partial charge in [0.25, 0.3) is 0 Å². The number of rotatable bonds is 7. The maximum Gasteiger partial charge on any atom is 0.417 e. The van der Waals surface area contributed by atoms with Crippen molar-refractivity contribution in [3.8, 4) is 16.8 Å². The molecule has 0 N–H and O–H groups in total. The molecule has 0 amide bonds. The molecule has 4 aromatic rings. The molecule has 5 heteroatoms. The Kier molecular flexibility index (Phi) is 6.92. The van der Waals surface area contributed by atoms with Crippen LogP contribution < -0.4 is 0 Å². The molecule has 4 rings (SSSR count). The lowest BCUT2D eigenvalue weighted by atomic mass is 9.89. The van der Waals surface area contributed by atoms with Crippen molar-refractivity contribution in [2.75, 3.05) is 0 Å². The third-order valence-electron chi connectivity index (χ3n) is 6.60. The van der Waals surface area contributed by atoms with Crippen molar-refractivity contribution in [2.24, 2.45) is 0 Å². The lowest BCUT2D eigenvalue weighted by molar-refractivity contribution is -0.137. The van der Waals surface area contributed by atoms with E-state index in [2.05, 4.69) is 37.9 Å². The van der Waals surface area contributed by atoms with Gasteiger partial charge in [-0.05, 0) is 70.7 Å². The van der Waals surface area contributed by atoms with Gasteiger partial charge in [-0.1, -0.05) is 69.3 Å². The van der Waals surface area contributed by atoms with Crippen LogP contribution in [0.5, 0.6) is 0 Å². The standard InChI is InChI=1S/C29H29F3N2/c1-4-20(2)23-6-8-25(9-7-23)27-18-22(5-14-28(27)29(30,31)32)17-21(3)24-10-12-26(13-11-24)34-16-15-33-19-34/h5-16,18-21H,4,17H2,1-3H3. The summed E-state index contributed by atoms with van der Waals surface area (Å²) in [6.07, 6.45) is 2.61. The second-order valence-corrected chi connectivity index (χ2v) is 8.98. The highest BCUT2D eigenvalue weighted by Gasteiger charge is 2.33. The zero-order valence-corrected chi connectivity index (χ0v) is 19.7. The predicted octanol–water partition coefficient (Wildman–Crippen LogP) is 8.42. The quantitative estimate of drug-likeness (QED) is 0.269. The first-order chi connectivity index (χ1) is 16.3. The van der Waals surface area contributed by atoms with Crippen molar-refractivity contribution in [1.82, 2.24) is 9.55 Å². The average Bonchev–Trinajstić information content (AvgIpc) is 3.38. The van der Waals surface area contributed by atoms with Gasteiger partial charge in [-0.25, -0.2) is 4.98 Å². The molecule has 2 nitrogen and oxygen atoms in total. The van der Waals surface area contributed by atoms with E-state index in [1.807, 2.05) is 47.2 Å². The molecule has 0 saturated heterocycles. The summed E-state index contributed by atoms with van der Waals surface area (Å²) in [4.78, 5) is 4.07. The lowest BCUT2D eigenvalue weighted by Crippen LogP contribution is -2.08. The van der Waals surface area contributed by atoms with Gasteiger partial charge >= 0.3 is 6.18 Å². The normalized spacial score (nSPS) is 13.6. The van der Waals surface area contributed by atoms with Crippen LogP contribution in [-0.2, 0) is 12.6 Å². The molecule has 176 valence electrons. The minimum atomic E-state index is -4.40. The smallest absolute Gasteiger partial charge is 0.306 e. The van der Waals surface area contributed by atoms with E-state index in [-0.39, 0.29) is 11.5 Å². The largest absolute Gasteiger partial charge is 0.417 e. The SMILES string of the molecule is CCC(C)c1ccc(-c2cc(CC(C)c3ccc(-n4ccnc4)cc3)ccc2C(F)(F)F)cc1. The van der Waals surface area contributed by atoms with Gasteiger partial charge in [-0.3, -0.25) is 0 Å². The third kappa shape index (κ3) is 5.24. The molecule has 2 atom stereocenters. The van der Waals surface area contributed by atoms with Crippen molar-refractivity contribution in [2.45, 2.75) is 51.6 Å². The van der Waals surface area contributed by atoms with Crippen LogP contribution in [-0.4, -0.2) is 9.55 Å². The Hall–Kier alpha value is -3.34. The molecular weight excluding hydrogens is 433 g/mol. The van der Waals surface area contributed by atoms with Gasteiger partial charge in [0.05, 0.1) is 11.9 Å². The van der Waals surface area contributed by atoms with Crippen LogP contribution in [0.3, 0.4) is 0 Å². The fraction of sp³-hybridized carbons (Fsp3) is 0.276. The van der Waals surface area contributed by atoms with E-state index in [4.69, 9.17) is 0 Å². The molecule has 34 heavy (non-hydrogen) atoms. The van der Waals surface area contributed by atoms with E-state index in [1.54, 1.807) is 24.7 Å². The highest BCUT2D eigenvalue weighted by Crippen LogP contribution is 2.38. The minimum absolute atomic E-state index is 0.161. The van der Waals surface area contributed by atoms with E-state index >= 15 is 0 Å². The van der Waals surface area contributed by atoms with Gasteiger partial charge in [0.2, 0.25) is 0 Å². The van der Waals surface area contributed by atoms with Crippen molar-refractivity contribution in [3.05, 3.63) is 108 Å². The monoisotopic (exact) mass is 462 g/mol. The molecule has 0 bridgehead atoms. The number of alkyl halides is 3. The van der Waals surface area contributed by atoms with Gasteiger partial charge in [0.1, 0.15) is 0 Å². The van der Waals surface area contributed by atoms with Crippen molar-refractivity contribution < 1.29 is 13.2 Å². The zero-order chi connectivity index (χ0) is 24.3. The summed E-state index contributed by atoms with van der Waals surface area (Å²) in [7, 11) is 0. The first kappa shape index (κ1) is 23.8. The van der Waals surface area contributed by atoms with E-state index < -0.39 is 11.7 Å². The molecule has 3 aromatic carbocycles. The number of aromatic nitrogens is 2. The van der Waals surface area contributed by atoms with Gasteiger partial charge in [0.15, 0.2) is 0 Å². The molecule has 1 heterocycles. The molecule has 0 radical (unpaired) electrons. The molecule has 0 fully saturated rings. The Morgan fingerprint density at radius 1 is 0.853 bits per heavy atom. The van der Waals surface area contributed by atoms with Gasteiger partial charge in [-0.2, -0.15) is 13.2 Å². The average molecular weight is 463 g/mol. The Labute approximate surface area is 199 Å². The Balaban J connectivity index is 1.60. The second kappa shape index (κ2) is 9.88. The molecule has 0 aliphatic rings. The fourth-order valence-corrected chi connectivity index (χ4v) is 4.29. The Morgan fingerprint density at radius 2 is 1.50 bits per heavy atom. The third-order valence-corrected chi connectivity index (χ3v) is 6.60. The number of imidazole rings is 1. The first-order valence-corrected chi connectivity index (χ1v) is 11.6. The summed E-state index contributed by atoms with van der Waals surface area (Å²) >= 11 is 0. The van der Waals surface area contributed by atoms with Crippen LogP contribution in [0.4, 0.5) is 13.2 Å². The maximum atomic E-state index is 13.8. The number of halogens is 3.